The molecule has 0 amide bonds. The summed E-state index contributed by atoms with van der Waals surface area (Å²) in [6.45, 7) is 8.10. The first-order valence-corrected chi connectivity index (χ1v) is 7.44. The monoisotopic (exact) mass is 292 g/mol. The van der Waals surface area contributed by atoms with Crippen molar-refractivity contribution in [3.05, 3.63) is 34.3 Å². The van der Waals surface area contributed by atoms with Crippen molar-refractivity contribution in [3.63, 3.8) is 0 Å². The summed E-state index contributed by atoms with van der Waals surface area (Å²) in [5.74, 6) is -0.187. The van der Waals surface area contributed by atoms with Gasteiger partial charge in [0.2, 0.25) is 0 Å². The Balaban J connectivity index is 2.36. The molecule has 2 rings (SSSR count). The minimum atomic E-state index is -0.598. The highest BCUT2D eigenvalue weighted by atomic mass is 35.5. The molecule has 0 radical (unpaired) electrons. The molecule has 2 nitrogen and oxygen atoms in total. The van der Waals surface area contributed by atoms with Gasteiger partial charge in [-0.1, -0.05) is 38.4 Å². The highest BCUT2D eigenvalue weighted by Crippen LogP contribution is 2.44. The summed E-state index contributed by atoms with van der Waals surface area (Å²) in [7, 11) is 0. The topological polar surface area (TPSA) is 34.1 Å². The molecule has 1 aliphatic carbocycles. The SMILES string of the molecule is Cc1cc(Cl)ccc1C1C(=O)CC(C)(C(C)C)CC1=O. The normalized spacial score (nSPS) is 27.2. The van der Waals surface area contributed by atoms with Gasteiger partial charge in [-0.15, -0.1) is 0 Å². The average molecular weight is 293 g/mol. The lowest BCUT2D eigenvalue weighted by atomic mass is 9.63. The molecule has 0 bridgehead atoms. The van der Waals surface area contributed by atoms with E-state index in [0.717, 1.165) is 11.1 Å². The smallest absolute Gasteiger partial charge is 0.148 e. The Hall–Kier alpha value is -1.15. The van der Waals surface area contributed by atoms with Crippen LogP contribution in [-0.2, 0) is 9.59 Å². The molecule has 1 saturated carbocycles. The van der Waals surface area contributed by atoms with Crippen LogP contribution in [0.25, 0.3) is 0 Å². The van der Waals surface area contributed by atoms with E-state index in [1.54, 1.807) is 6.07 Å². The zero-order valence-electron chi connectivity index (χ0n) is 12.5. The minimum Gasteiger partial charge on any atom is -0.299 e. The molecule has 20 heavy (non-hydrogen) atoms. The quantitative estimate of drug-likeness (QED) is 0.761. The zero-order valence-corrected chi connectivity index (χ0v) is 13.3. The first-order valence-electron chi connectivity index (χ1n) is 7.06. The van der Waals surface area contributed by atoms with Gasteiger partial charge < -0.3 is 0 Å². The Labute approximate surface area is 125 Å². The highest BCUT2D eigenvalue weighted by Gasteiger charge is 2.44. The van der Waals surface area contributed by atoms with E-state index in [1.165, 1.54) is 0 Å². The van der Waals surface area contributed by atoms with Gasteiger partial charge in [-0.25, -0.2) is 0 Å². The molecular weight excluding hydrogens is 272 g/mol. The number of carbonyl (C=O) groups excluding carboxylic acids is 2. The van der Waals surface area contributed by atoms with Crippen LogP contribution < -0.4 is 0 Å². The Bertz CT molecular complexity index is 542. The highest BCUT2D eigenvalue weighted by molar-refractivity contribution is 6.30. The van der Waals surface area contributed by atoms with Crippen molar-refractivity contribution in [1.82, 2.24) is 0 Å². The van der Waals surface area contributed by atoms with Gasteiger partial charge in [0.15, 0.2) is 0 Å². The second-order valence-electron chi connectivity index (χ2n) is 6.53. The molecule has 3 heteroatoms. The van der Waals surface area contributed by atoms with Crippen molar-refractivity contribution in [2.24, 2.45) is 11.3 Å². The van der Waals surface area contributed by atoms with Crippen LogP contribution in [0.4, 0.5) is 0 Å². The van der Waals surface area contributed by atoms with Crippen LogP contribution in [0.5, 0.6) is 0 Å². The predicted molar refractivity (Wildman–Crippen MR) is 81.1 cm³/mol. The van der Waals surface area contributed by atoms with E-state index in [-0.39, 0.29) is 17.0 Å². The first-order chi connectivity index (χ1) is 9.24. The third-order valence-electron chi connectivity index (χ3n) is 4.74. The van der Waals surface area contributed by atoms with E-state index in [9.17, 15) is 9.59 Å². The van der Waals surface area contributed by atoms with Crippen LogP contribution in [-0.4, -0.2) is 11.6 Å². The molecule has 108 valence electrons. The average Bonchev–Trinajstić information content (AvgIpc) is 2.30. The van der Waals surface area contributed by atoms with Crippen LogP contribution in [0, 0.1) is 18.3 Å². The lowest BCUT2D eigenvalue weighted by Gasteiger charge is -2.39. The number of benzene rings is 1. The summed E-state index contributed by atoms with van der Waals surface area (Å²) in [5, 5.41) is 0.633. The number of rotatable bonds is 2. The summed E-state index contributed by atoms with van der Waals surface area (Å²) in [5.41, 5.74) is 1.53. The molecule has 1 aromatic rings. The minimum absolute atomic E-state index is 0.0443. The summed E-state index contributed by atoms with van der Waals surface area (Å²) < 4.78 is 0. The third-order valence-corrected chi connectivity index (χ3v) is 4.97. The number of hydrogen-bond donors (Lipinski definition) is 0. The molecule has 1 aliphatic rings. The third kappa shape index (κ3) is 2.67. The second-order valence-corrected chi connectivity index (χ2v) is 6.97. The van der Waals surface area contributed by atoms with Crippen LogP contribution >= 0.6 is 11.6 Å². The van der Waals surface area contributed by atoms with E-state index in [1.807, 2.05) is 26.0 Å². The summed E-state index contributed by atoms with van der Waals surface area (Å²) in [6, 6.07) is 5.38. The summed E-state index contributed by atoms with van der Waals surface area (Å²) >= 11 is 5.95. The lowest BCUT2D eigenvalue weighted by molar-refractivity contribution is -0.137. The summed E-state index contributed by atoms with van der Waals surface area (Å²) in [4.78, 5) is 25.0. The van der Waals surface area contributed by atoms with Crippen LogP contribution in [0.2, 0.25) is 5.02 Å². The van der Waals surface area contributed by atoms with Gasteiger partial charge >= 0.3 is 0 Å². The molecule has 0 aromatic heterocycles. The van der Waals surface area contributed by atoms with Gasteiger partial charge in [0, 0.05) is 17.9 Å². The molecule has 1 fully saturated rings. The van der Waals surface area contributed by atoms with Crippen LogP contribution in [0.15, 0.2) is 18.2 Å². The molecule has 0 unspecified atom stereocenters. The maximum atomic E-state index is 12.5. The van der Waals surface area contributed by atoms with Crippen molar-refractivity contribution in [2.75, 3.05) is 0 Å². The number of carbonyl (C=O) groups is 2. The van der Waals surface area contributed by atoms with Crippen molar-refractivity contribution < 1.29 is 9.59 Å². The molecule has 0 atom stereocenters. The number of hydrogen-bond acceptors (Lipinski definition) is 2. The Morgan fingerprint density at radius 1 is 1.20 bits per heavy atom. The maximum absolute atomic E-state index is 12.5. The fraction of sp³-hybridized carbons (Fsp3) is 0.529. The molecule has 0 heterocycles. The van der Waals surface area contributed by atoms with Gasteiger partial charge in [-0.3, -0.25) is 9.59 Å². The number of halogens is 1. The van der Waals surface area contributed by atoms with E-state index >= 15 is 0 Å². The van der Waals surface area contributed by atoms with E-state index < -0.39 is 5.92 Å². The van der Waals surface area contributed by atoms with Gasteiger partial charge in [0.05, 0.1) is 0 Å². The van der Waals surface area contributed by atoms with Crippen LogP contribution in [0.3, 0.4) is 0 Å². The van der Waals surface area contributed by atoms with Crippen molar-refractivity contribution >= 4 is 23.2 Å². The number of Topliss-reactive ketones (excluding diaryl/α,β-unsaturated/α-hetero) is 2. The van der Waals surface area contributed by atoms with Gasteiger partial charge in [-0.2, -0.15) is 0 Å². The maximum Gasteiger partial charge on any atom is 0.148 e. The van der Waals surface area contributed by atoms with Gasteiger partial charge in [0.1, 0.15) is 17.5 Å². The molecule has 0 spiro atoms. The van der Waals surface area contributed by atoms with Crippen molar-refractivity contribution in [2.45, 2.75) is 46.5 Å². The molecule has 0 aliphatic heterocycles. The van der Waals surface area contributed by atoms with Gasteiger partial charge in [0.25, 0.3) is 0 Å². The zero-order chi connectivity index (χ0) is 15.1. The fourth-order valence-electron chi connectivity index (χ4n) is 2.96. The number of aryl methyl sites for hydroxylation is 1. The fourth-order valence-corrected chi connectivity index (χ4v) is 3.19. The van der Waals surface area contributed by atoms with Gasteiger partial charge in [-0.05, 0) is 41.5 Å². The largest absolute Gasteiger partial charge is 0.299 e. The number of ketones is 2. The van der Waals surface area contributed by atoms with E-state index in [0.29, 0.717) is 23.8 Å². The Kier molecular flexibility index (Phi) is 4.06. The van der Waals surface area contributed by atoms with Crippen molar-refractivity contribution in [3.8, 4) is 0 Å². The predicted octanol–water partition coefficient (Wildman–Crippen LogP) is 4.33. The first kappa shape index (κ1) is 15.2. The van der Waals surface area contributed by atoms with E-state index in [2.05, 4.69) is 13.8 Å². The molecule has 0 N–H and O–H groups in total. The molecule has 1 aromatic carbocycles. The molecule has 0 saturated heterocycles. The summed E-state index contributed by atoms with van der Waals surface area (Å²) in [6.07, 6.45) is 0.951. The second kappa shape index (κ2) is 5.33. The van der Waals surface area contributed by atoms with E-state index in [4.69, 9.17) is 11.6 Å². The molecular formula is C17H21ClO2. The Morgan fingerprint density at radius 2 is 1.75 bits per heavy atom. The van der Waals surface area contributed by atoms with Crippen molar-refractivity contribution in [1.29, 1.82) is 0 Å². The lowest BCUT2D eigenvalue weighted by Crippen LogP contribution is -2.40. The standard InChI is InChI=1S/C17H21ClO2/c1-10(2)17(4)8-14(19)16(15(20)9-17)13-6-5-12(18)7-11(13)3/h5-7,10,16H,8-9H2,1-4H3. The van der Waals surface area contributed by atoms with Crippen LogP contribution in [0.1, 0.15) is 50.7 Å². The Morgan fingerprint density at radius 3 is 2.20 bits per heavy atom.